The normalized spacial score (nSPS) is 22.7. The Labute approximate surface area is 123 Å². The third-order valence-corrected chi connectivity index (χ3v) is 5.01. The van der Waals surface area contributed by atoms with Gasteiger partial charge in [-0.25, -0.2) is 0 Å². The van der Waals surface area contributed by atoms with Crippen LogP contribution in [0.25, 0.3) is 11.5 Å². The van der Waals surface area contributed by atoms with Crippen molar-refractivity contribution in [2.45, 2.75) is 38.0 Å². The molecule has 1 aromatic carbocycles. The van der Waals surface area contributed by atoms with E-state index in [1.807, 2.05) is 36.9 Å². The minimum Gasteiger partial charge on any atom is -0.421 e. The van der Waals surface area contributed by atoms with Crippen LogP contribution in [0.4, 0.5) is 5.69 Å². The maximum atomic E-state index is 5.56. The zero-order valence-corrected chi connectivity index (χ0v) is 12.6. The van der Waals surface area contributed by atoms with Gasteiger partial charge in [-0.3, -0.25) is 0 Å². The molecule has 1 saturated heterocycles. The molecule has 1 fully saturated rings. The Balaban J connectivity index is 1.86. The summed E-state index contributed by atoms with van der Waals surface area (Å²) in [5.74, 6) is 2.45. The van der Waals surface area contributed by atoms with Crippen LogP contribution in [0.2, 0.25) is 0 Å². The molecular weight excluding hydrogens is 270 g/mol. The molecule has 2 heterocycles. The second-order valence-corrected chi connectivity index (χ2v) is 6.63. The molecule has 2 unspecified atom stereocenters. The second kappa shape index (κ2) is 5.87. The summed E-state index contributed by atoms with van der Waals surface area (Å²) in [7, 11) is 0. The van der Waals surface area contributed by atoms with E-state index in [-0.39, 0.29) is 0 Å². The molecule has 0 bridgehead atoms. The molecule has 5 heteroatoms. The fourth-order valence-electron chi connectivity index (χ4n) is 2.51. The first-order valence-electron chi connectivity index (χ1n) is 7.01. The Kier molecular flexibility index (Phi) is 3.96. The zero-order valence-electron chi connectivity index (χ0n) is 11.8. The monoisotopic (exact) mass is 289 g/mol. The number of thioether (sulfide) groups is 1. The van der Waals surface area contributed by atoms with E-state index in [0.717, 1.165) is 11.3 Å². The molecule has 1 aliphatic rings. The van der Waals surface area contributed by atoms with Crippen LogP contribution in [0.3, 0.4) is 0 Å². The van der Waals surface area contributed by atoms with Gasteiger partial charge in [-0.1, -0.05) is 19.1 Å². The van der Waals surface area contributed by atoms with Gasteiger partial charge < -0.3 is 9.73 Å². The molecule has 3 rings (SSSR count). The topological polar surface area (TPSA) is 51.0 Å². The van der Waals surface area contributed by atoms with E-state index < -0.39 is 0 Å². The van der Waals surface area contributed by atoms with Crippen LogP contribution in [-0.2, 0) is 0 Å². The van der Waals surface area contributed by atoms with Crippen LogP contribution in [0, 0.1) is 6.92 Å². The summed E-state index contributed by atoms with van der Waals surface area (Å²) in [5.41, 5.74) is 2.06. The molecule has 2 aromatic rings. The third-order valence-electron chi connectivity index (χ3n) is 3.63. The van der Waals surface area contributed by atoms with Crippen molar-refractivity contribution in [2.24, 2.45) is 0 Å². The summed E-state index contributed by atoms with van der Waals surface area (Å²) >= 11 is 2.04. The van der Waals surface area contributed by atoms with E-state index >= 15 is 0 Å². The number of hydrogen-bond donors (Lipinski definition) is 1. The fraction of sp³-hybridized carbons (Fsp3) is 0.467. The largest absolute Gasteiger partial charge is 0.421 e. The van der Waals surface area contributed by atoms with E-state index in [1.54, 1.807) is 0 Å². The van der Waals surface area contributed by atoms with Gasteiger partial charge in [0.1, 0.15) is 0 Å². The maximum Gasteiger partial charge on any atom is 0.249 e. The number of aromatic nitrogens is 2. The van der Waals surface area contributed by atoms with Crippen molar-refractivity contribution in [3.63, 3.8) is 0 Å². The average Bonchev–Trinajstić information content (AvgIpc) is 2.88. The molecule has 1 aromatic heterocycles. The Bertz CT molecular complexity index is 584. The van der Waals surface area contributed by atoms with Gasteiger partial charge in [-0.05, 0) is 30.7 Å². The van der Waals surface area contributed by atoms with Gasteiger partial charge >= 0.3 is 0 Å². The third kappa shape index (κ3) is 2.82. The first kappa shape index (κ1) is 13.5. The number of rotatable bonds is 3. The lowest BCUT2D eigenvalue weighted by molar-refractivity contribution is 0.532. The van der Waals surface area contributed by atoms with Gasteiger partial charge in [-0.2, -0.15) is 11.8 Å². The van der Waals surface area contributed by atoms with E-state index in [2.05, 4.69) is 28.5 Å². The fourth-order valence-corrected chi connectivity index (χ4v) is 3.66. The Hall–Kier alpha value is -1.49. The molecule has 4 nitrogen and oxygen atoms in total. The molecule has 0 amide bonds. The van der Waals surface area contributed by atoms with Crippen molar-refractivity contribution in [1.29, 1.82) is 0 Å². The molecule has 106 valence electrons. The molecule has 0 aliphatic carbocycles. The summed E-state index contributed by atoms with van der Waals surface area (Å²) in [4.78, 5) is 0. The number of nitrogens with zero attached hydrogens (tertiary/aromatic N) is 2. The number of benzene rings is 1. The first-order valence-corrected chi connectivity index (χ1v) is 8.06. The molecule has 2 atom stereocenters. The van der Waals surface area contributed by atoms with Crippen LogP contribution >= 0.6 is 11.8 Å². The predicted octanol–water partition coefficient (Wildman–Crippen LogP) is 3.74. The first-order chi connectivity index (χ1) is 9.74. The van der Waals surface area contributed by atoms with Crippen molar-refractivity contribution in [3.8, 4) is 11.5 Å². The number of para-hydroxylation sites is 1. The Morgan fingerprint density at radius 3 is 2.90 bits per heavy atom. The van der Waals surface area contributed by atoms with E-state index in [0.29, 0.717) is 23.1 Å². The maximum absolute atomic E-state index is 5.56. The van der Waals surface area contributed by atoms with Crippen molar-refractivity contribution >= 4 is 17.4 Å². The van der Waals surface area contributed by atoms with Gasteiger partial charge in [0.05, 0.1) is 5.56 Å². The standard InChI is InChI=1S/C15H19N3OS/c1-10-13(8-5-9-20-10)16-14-7-4-3-6-12(14)15-18-17-11(2)19-15/h3-4,6-7,10,13,16H,5,8-9H2,1-2H3. The summed E-state index contributed by atoms with van der Waals surface area (Å²) in [6.07, 6.45) is 2.49. The van der Waals surface area contributed by atoms with Gasteiger partial charge in [0.2, 0.25) is 11.8 Å². The van der Waals surface area contributed by atoms with Crippen molar-refractivity contribution in [2.75, 3.05) is 11.1 Å². The smallest absolute Gasteiger partial charge is 0.249 e. The zero-order chi connectivity index (χ0) is 13.9. The molecule has 0 saturated carbocycles. The quantitative estimate of drug-likeness (QED) is 0.932. The van der Waals surface area contributed by atoms with Crippen LogP contribution in [0.1, 0.15) is 25.7 Å². The molecule has 20 heavy (non-hydrogen) atoms. The SMILES string of the molecule is Cc1nnc(-c2ccccc2NC2CCCSC2C)o1. The van der Waals surface area contributed by atoms with Crippen LogP contribution in [0.15, 0.2) is 28.7 Å². The number of aryl methyl sites for hydroxylation is 1. The van der Waals surface area contributed by atoms with Gasteiger partial charge in [0, 0.05) is 23.9 Å². The van der Waals surface area contributed by atoms with Gasteiger partial charge in [0.15, 0.2) is 0 Å². The molecular formula is C15H19N3OS. The lowest BCUT2D eigenvalue weighted by Crippen LogP contribution is -2.32. The Morgan fingerprint density at radius 2 is 2.15 bits per heavy atom. The Morgan fingerprint density at radius 1 is 1.30 bits per heavy atom. The lowest BCUT2D eigenvalue weighted by atomic mass is 10.1. The molecule has 1 N–H and O–H groups in total. The highest BCUT2D eigenvalue weighted by atomic mass is 32.2. The van der Waals surface area contributed by atoms with E-state index in [9.17, 15) is 0 Å². The summed E-state index contributed by atoms with van der Waals surface area (Å²) in [6.45, 7) is 4.10. The number of hydrogen-bond acceptors (Lipinski definition) is 5. The van der Waals surface area contributed by atoms with Crippen LogP contribution in [0.5, 0.6) is 0 Å². The summed E-state index contributed by atoms with van der Waals surface area (Å²) in [5, 5.41) is 12.3. The second-order valence-electron chi connectivity index (χ2n) is 5.14. The molecule has 0 spiro atoms. The van der Waals surface area contributed by atoms with E-state index in [4.69, 9.17) is 4.42 Å². The van der Waals surface area contributed by atoms with Crippen molar-refractivity contribution in [1.82, 2.24) is 10.2 Å². The average molecular weight is 289 g/mol. The predicted molar refractivity (Wildman–Crippen MR) is 83.0 cm³/mol. The molecule has 1 aliphatic heterocycles. The van der Waals surface area contributed by atoms with Crippen molar-refractivity contribution < 1.29 is 4.42 Å². The van der Waals surface area contributed by atoms with Crippen molar-refractivity contribution in [3.05, 3.63) is 30.2 Å². The molecule has 0 radical (unpaired) electrons. The lowest BCUT2D eigenvalue weighted by Gasteiger charge is -2.30. The minimum absolute atomic E-state index is 0.499. The highest BCUT2D eigenvalue weighted by molar-refractivity contribution is 8.00. The van der Waals surface area contributed by atoms with Gasteiger partial charge in [-0.15, -0.1) is 10.2 Å². The highest BCUT2D eigenvalue weighted by Gasteiger charge is 2.23. The number of nitrogens with one attached hydrogen (secondary N) is 1. The van der Waals surface area contributed by atoms with Gasteiger partial charge in [0.25, 0.3) is 0 Å². The summed E-state index contributed by atoms with van der Waals surface area (Å²) < 4.78 is 5.56. The summed E-state index contributed by atoms with van der Waals surface area (Å²) in [6, 6.07) is 8.64. The van der Waals surface area contributed by atoms with Crippen LogP contribution in [-0.4, -0.2) is 27.2 Å². The van der Waals surface area contributed by atoms with E-state index in [1.165, 1.54) is 18.6 Å². The highest BCUT2D eigenvalue weighted by Crippen LogP contribution is 2.32. The minimum atomic E-state index is 0.499. The van der Waals surface area contributed by atoms with Crippen LogP contribution < -0.4 is 5.32 Å². The number of anilines is 1.